The first kappa shape index (κ1) is 14.8. The monoisotopic (exact) mass is 287 g/mol. The predicted molar refractivity (Wildman–Crippen MR) is 79.3 cm³/mol. The van der Waals surface area contributed by atoms with Gasteiger partial charge >= 0.3 is 0 Å². The Morgan fingerprint density at radius 2 is 1.90 bits per heavy atom. The van der Waals surface area contributed by atoms with Gasteiger partial charge in [0.2, 0.25) is 0 Å². The highest BCUT2D eigenvalue weighted by Gasteiger charge is 2.15. The van der Waals surface area contributed by atoms with E-state index >= 15 is 0 Å². The number of aromatic nitrogens is 1. The minimum Gasteiger partial charge on any atom is -0.497 e. The Morgan fingerprint density at radius 3 is 2.52 bits per heavy atom. The highest BCUT2D eigenvalue weighted by molar-refractivity contribution is 5.98. The van der Waals surface area contributed by atoms with E-state index < -0.39 is 0 Å². The largest absolute Gasteiger partial charge is 0.497 e. The number of carbonyl (C=O) groups is 1. The molecule has 0 amide bonds. The summed E-state index contributed by atoms with van der Waals surface area (Å²) in [6, 6.07) is 9.88. The quantitative estimate of drug-likeness (QED) is 0.790. The van der Waals surface area contributed by atoms with Gasteiger partial charge in [0.25, 0.3) is 5.56 Å². The number of hydrogen-bond donors (Lipinski definition) is 0. The third kappa shape index (κ3) is 3.13. The van der Waals surface area contributed by atoms with E-state index in [4.69, 9.17) is 9.47 Å². The van der Waals surface area contributed by atoms with Gasteiger partial charge in [0.05, 0.1) is 26.3 Å². The third-order valence-electron chi connectivity index (χ3n) is 3.28. The van der Waals surface area contributed by atoms with E-state index in [1.54, 1.807) is 44.4 Å². The zero-order chi connectivity index (χ0) is 15.4. The lowest BCUT2D eigenvalue weighted by Crippen LogP contribution is -2.25. The van der Waals surface area contributed by atoms with Crippen LogP contribution in [0.15, 0.2) is 41.2 Å². The summed E-state index contributed by atoms with van der Waals surface area (Å²) >= 11 is 0. The molecule has 0 saturated heterocycles. The average Bonchev–Trinajstić information content (AvgIpc) is 2.50. The number of ketones is 1. The molecule has 0 aliphatic carbocycles. The zero-order valence-corrected chi connectivity index (χ0v) is 12.3. The van der Waals surface area contributed by atoms with E-state index in [1.165, 1.54) is 17.7 Å². The molecular weight excluding hydrogens is 270 g/mol. The molecule has 0 radical (unpaired) electrons. The minimum atomic E-state index is -0.198. The fraction of sp³-hybridized carbons (Fsp3) is 0.250. The van der Waals surface area contributed by atoms with Crippen molar-refractivity contribution in [2.75, 3.05) is 14.2 Å². The van der Waals surface area contributed by atoms with Crippen LogP contribution in [-0.4, -0.2) is 24.6 Å². The molecule has 1 heterocycles. The van der Waals surface area contributed by atoms with Crippen LogP contribution in [0.1, 0.15) is 16.1 Å². The molecule has 110 valence electrons. The lowest BCUT2D eigenvalue weighted by atomic mass is 10.1. The molecule has 0 N–H and O–H groups in total. The van der Waals surface area contributed by atoms with Crippen molar-refractivity contribution in [1.82, 2.24) is 4.57 Å². The lowest BCUT2D eigenvalue weighted by Gasteiger charge is -2.12. The maximum Gasteiger partial charge on any atom is 0.251 e. The van der Waals surface area contributed by atoms with Gasteiger partial charge in [-0.2, -0.15) is 0 Å². The van der Waals surface area contributed by atoms with Crippen LogP contribution in [-0.2, 0) is 6.54 Å². The highest BCUT2D eigenvalue weighted by Crippen LogP contribution is 2.25. The fourth-order valence-corrected chi connectivity index (χ4v) is 2.08. The summed E-state index contributed by atoms with van der Waals surface area (Å²) in [7, 11) is 3.04. The second-order valence-corrected chi connectivity index (χ2v) is 4.58. The van der Waals surface area contributed by atoms with Gasteiger partial charge in [-0.15, -0.1) is 0 Å². The summed E-state index contributed by atoms with van der Waals surface area (Å²) in [5, 5.41) is 0. The van der Waals surface area contributed by atoms with E-state index in [-0.39, 0.29) is 17.9 Å². The zero-order valence-electron chi connectivity index (χ0n) is 12.3. The Balaban J connectivity index is 2.35. The third-order valence-corrected chi connectivity index (χ3v) is 3.28. The van der Waals surface area contributed by atoms with Crippen LogP contribution in [0.25, 0.3) is 0 Å². The van der Waals surface area contributed by atoms with Crippen molar-refractivity contribution in [3.05, 3.63) is 58.0 Å². The second-order valence-electron chi connectivity index (χ2n) is 4.58. The molecule has 0 bridgehead atoms. The molecule has 1 aromatic carbocycles. The normalized spacial score (nSPS) is 10.2. The molecular formula is C16H17NO4. The Bertz CT molecular complexity index is 718. The van der Waals surface area contributed by atoms with Crippen molar-refractivity contribution in [2.24, 2.45) is 0 Å². The number of aryl methyl sites for hydroxylation is 1. The van der Waals surface area contributed by atoms with Crippen LogP contribution in [0.2, 0.25) is 0 Å². The van der Waals surface area contributed by atoms with E-state index in [1.807, 2.05) is 0 Å². The number of benzene rings is 1. The second kappa shape index (κ2) is 6.26. The molecule has 0 unspecified atom stereocenters. The smallest absolute Gasteiger partial charge is 0.251 e. The minimum absolute atomic E-state index is 0.0196. The van der Waals surface area contributed by atoms with Gasteiger partial charge in [-0.1, -0.05) is 6.07 Å². The molecule has 2 rings (SSSR count). The molecule has 5 nitrogen and oxygen atoms in total. The molecule has 0 fully saturated rings. The number of hydrogen-bond acceptors (Lipinski definition) is 4. The summed E-state index contributed by atoms with van der Waals surface area (Å²) in [5.74, 6) is 0.850. The van der Waals surface area contributed by atoms with Gasteiger partial charge in [0.15, 0.2) is 5.78 Å². The molecule has 0 saturated carbocycles. The van der Waals surface area contributed by atoms with Crippen LogP contribution in [0.3, 0.4) is 0 Å². The summed E-state index contributed by atoms with van der Waals surface area (Å²) in [6.07, 6.45) is 0. The number of Topliss-reactive ketones (excluding diaryl/α,β-unsaturated/α-hetero) is 1. The number of pyridine rings is 1. The Morgan fingerprint density at radius 1 is 1.14 bits per heavy atom. The first-order valence-electron chi connectivity index (χ1n) is 6.48. The van der Waals surface area contributed by atoms with Gasteiger partial charge in [0.1, 0.15) is 11.5 Å². The van der Waals surface area contributed by atoms with Crippen LogP contribution in [0.4, 0.5) is 0 Å². The number of methoxy groups -OCH3 is 2. The van der Waals surface area contributed by atoms with Crippen molar-refractivity contribution in [3.8, 4) is 11.5 Å². The van der Waals surface area contributed by atoms with E-state index in [9.17, 15) is 9.59 Å². The van der Waals surface area contributed by atoms with Gasteiger partial charge in [-0.3, -0.25) is 9.59 Å². The Hall–Kier alpha value is -2.56. The van der Waals surface area contributed by atoms with Crippen LogP contribution in [0.5, 0.6) is 11.5 Å². The molecule has 21 heavy (non-hydrogen) atoms. The van der Waals surface area contributed by atoms with E-state index in [0.29, 0.717) is 17.1 Å². The molecule has 0 aliphatic rings. The molecule has 5 heteroatoms. The summed E-state index contributed by atoms with van der Waals surface area (Å²) in [4.78, 5) is 24.2. The topological polar surface area (TPSA) is 57.5 Å². The predicted octanol–water partition coefficient (Wildman–Crippen LogP) is 2.06. The lowest BCUT2D eigenvalue weighted by molar-refractivity contribution is 0.0967. The summed E-state index contributed by atoms with van der Waals surface area (Å²) < 4.78 is 11.8. The van der Waals surface area contributed by atoms with Crippen molar-refractivity contribution in [3.63, 3.8) is 0 Å². The van der Waals surface area contributed by atoms with E-state index in [0.717, 1.165) is 5.69 Å². The molecule has 0 aliphatic heterocycles. The summed E-state index contributed by atoms with van der Waals surface area (Å²) in [6.45, 7) is 1.77. The molecule has 0 atom stereocenters. The van der Waals surface area contributed by atoms with Gasteiger partial charge in [0, 0.05) is 17.8 Å². The molecule has 0 spiro atoms. The van der Waals surface area contributed by atoms with Crippen LogP contribution >= 0.6 is 0 Å². The highest BCUT2D eigenvalue weighted by atomic mass is 16.5. The average molecular weight is 287 g/mol. The van der Waals surface area contributed by atoms with Crippen LogP contribution in [0, 0.1) is 6.92 Å². The van der Waals surface area contributed by atoms with Crippen molar-refractivity contribution >= 4 is 5.78 Å². The maximum absolute atomic E-state index is 12.4. The van der Waals surface area contributed by atoms with Gasteiger partial charge in [-0.05, 0) is 25.1 Å². The summed E-state index contributed by atoms with van der Waals surface area (Å²) in [5.41, 5.74) is 0.965. The number of carbonyl (C=O) groups excluding carboxylic acids is 1. The van der Waals surface area contributed by atoms with Crippen molar-refractivity contribution in [1.29, 1.82) is 0 Å². The number of nitrogens with zero attached hydrogens (tertiary/aromatic N) is 1. The van der Waals surface area contributed by atoms with Crippen molar-refractivity contribution in [2.45, 2.75) is 13.5 Å². The van der Waals surface area contributed by atoms with E-state index in [2.05, 4.69) is 0 Å². The Kier molecular flexibility index (Phi) is 4.42. The molecule has 2 aromatic rings. The first-order chi connectivity index (χ1) is 10.1. The van der Waals surface area contributed by atoms with Gasteiger partial charge in [-0.25, -0.2) is 0 Å². The van der Waals surface area contributed by atoms with Crippen LogP contribution < -0.4 is 15.0 Å². The van der Waals surface area contributed by atoms with Crippen molar-refractivity contribution < 1.29 is 14.3 Å². The maximum atomic E-state index is 12.4. The molecule has 1 aromatic heterocycles. The fourth-order valence-electron chi connectivity index (χ4n) is 2.08. The SMILES string of the molecule is COc1ccc(C(=O)Cn2c(C)cccc2=O)c(OC)c1. The van der Waals surface area contributed by atoms with Gasteiger partial charge < -0.3 is 14.0 Å². The number of rotatable bonds is 5. The Labute approximate surface area is 122 Å². The first-order valence-corrected chi connectivity index (χ1v) is 6.48. The standard InChI is InChI=1S/C16H17NO4/c1-11-5-4-6-16(19)17(11)10-14(18)13-8-7-12(20-2)9-15(13)21-3/h4-9H,10H2,1-3H3. The number of ether oxygens (including phenoxy) is 2.